The van der Waals surface area contributed by atoms with Gasteiger partial charge in [0.25, 0.3) is 0 Å². The van der Waals surface area contributed by atoms with Crippen LogP contribution in [0.25, 0.3) is 0 Å². The van der Waals surface area contributed by atoms with Crippen LogP contribution in [0.2, 0.25) is 0 Å². The van der Waals surface area contributed by atoms with Crippen molar-refractivity contribution in [3.8, 4) is 0 Å². The predicted molar refractivity (Wildman–Crippen MR) is 65.1 cm³/mol. The van der Waals surface area contributed by atoms with Crippen molar-refractivity contribution in [1.82, 2.24) is 4.90 Å². The monoisotopic (exact) mass is 215 g/mol. The van der Waals surface area contributed by atoms with Crippen LogP contribution in [0, 0.1) is 5.92 Å². The third-order valence-corrected chi connectivity index (χ3v) is 2.05. The summed E-state index contributed by atoms with van der Waals surface area (Å²) < 4.78 is 5.41. The lowest BCUT2D eigenvalue weighted by Crippen LogP contribution is -2.37. The second kappa shape index (κ2) is 8.53. The van der Waals surface area contributed by atoms with Crippen LogP contribution in [0.4, 0.5) is 0 Å². The molecule has 0 spiro atoms. The smallest absolute Gasteiger partial charge is 0.191 e. The zero-order valence-electron chi connectivity index (χ0n) is 10.5. The highest BCUT2D eigenvalue weighted by atomic mass is 16.5. The van der Waals surface area contributed by atoms with Gasteiger partial charge in [0, 0.05) is 19.7 Å². The zero-order chi connectivity index (χ0) is 11.7. The van der Waals surface area contributed by atoms with Gasteiger partial charge >= 0.3 is 0 Å². The van der Waals surface area contributed by atoms with Gasteiger partial charge < -0.3 is 15.4 Å². The molecule has 0 aromatic rings. The van der Waals surface area contributed by atoms with Gasteiger partial charge in [0.2, 0.25) is 0 Å². The van der Waals surface area contributed by atoms with Crippen molar-refractivity contribution in [2.24, 2.45) is 16.6 Å². The summed E-state index contributed by atoms with van der Waals surface area (Å²) in [5.74, 6) is 1.20. The number of hydrogen-bond acceptors (Lipinski definition) is 2. The topological polar surface area (TPSA) is 50.8 Å². The predicted octanol–water partition coefficient (Wildman–Crippen LogP) is 1.32. The van der Waals surface area contributed by atoms with Crippen LogP contribution in [-0.2, 0) is 4.74 Å². The number of hydrogen-bond donors (Lipinski definition) is 1. The Bertz CT molecular complexity index is 177. The van der Waals surface area contributed by atoms with Gasteiger partial charge in [-0.25, -0.2) is 0 Å². The molecule has 0 radical (unpaired) electrons. The Balaban J connectivity index is 3.66. The van der Waals surface area contributed by atoms with E-state index in [0.717, 1.165) is 19.7 Å². The summed E-state index contributed by atoms with van der Waals surface area (Å²) in [6.07, 6.45) is 0. The molecule has 4 heteroatoms. The van der Waals surface area contributed by atoms with Gasteiger partial charge in [-0.15, -0.1) is 0 Å². The molecule has 0 fully saturated rings. The molecule has 0 atom stereocenters. The Morgan fingerprint density at radius 2 is 1.93 bits per heavy atom. The van der Waals surface area contributed by atoms with E-state index < -0.39 is 0 Å². The minimum absolute atomic E-state index is 0.578. The van der Waals surface area contributed by atoms with Crippen molar-refractivity contribution in [2.45, 2.75) is 27.7 Å². The number of ether oxygens (including phenoxy) is 1. The Labute approximate surface area is 93.5 Å². The van der Waals surface area contributed by atoms with Gasteiger partial charge in [-0.3, -0.25) is 4.99 Å². The van der Waals surface area contributed by atoms with Gasteiger partial charge in [0.05, 0.1) is 13.2 Å². The van der Waals surface area contributed by atoms with Gasteiger partial charge in [0.15, 0.2) is 5.96 Å². The minimum Gasteiger partial charge on any atom is -0.379 e. The number of nitrogens with two attached hydrogens (primary N) is 1. The molecule has 0 aliphatic heterocycles. The lowest BCUT2D eigenvalue weighted by molar-refractivity contribution is 0.116. The maximum Gasteiger partial charge on any atom is 0.191 e. The molecule has 0 saturated carbocycles. The van der Waals surface area contributed by atoms with E-state index in [9.17, 15) is 0 Å². The van der Waals surface area contributed by atoms with E-state index in [4.69, 9.17) is 10.5 Å². The fraction of sp³-hybridized carbons (Fsp3) is 0.909. The molecule has 90 valence electrons. The molecule has 0 aliphatic carbocycles. The standard InChI is InChI=1S/C11H25N3O/c1-5-14(6-2)11(12)13-7-8-15-9-10(3)4/h10H,5-9H2,1-4H3,(H2,12,13). The fourth-order valence-corrected chi connectivity index (χ4v) is 1.19. The molecule has 0 bridgehead atoms. The summed E-state index contributed by atoms with van der Waals surface area (Å²) in [6.45, 7) is 12.3. The average Bonchev–Trinajstić information content (AvgIpc) is 2.18. The summed E-state index contributed by atoms with van der Waals surface area (Å²) in [6, 6.07) is 0. The third-order valence-electron chi connectivity index (χ3n) is 2.05. The molecule has 0 amide bonds. The van der Waals surface area contributed by atoms with E-state index >= 15 is 0 Å². The number of nitrogens with zero attached hydrogens (tertiary/aromatic N) is 2. The first-order chi connectivity index (χ1) is 7.11. The molecular formula is C11H25N3O. The SMILES string of the molecule is CCN(CC)C(N)=NCCOCC(C)C. The lowest BCUT2D eigenvalue weighted by Gasteiger charge is -2.19. The lowest BCUT2D eigenvalue weighted by atomic mass is 10.2. The van der Waals surface area contributed by atoms with Crippen LogP contribution in [0.5, 0.6) is 0 Å². The Morgan fingerprint density at radius 3 is 2.40 bits per heavy atom. The summed E-state index contributed by atoms with van der Waals surface area (Å²) in [5.41, 5.74) is 5.80. The van der Waals surface area contributed by atoms with Gasteiger partial charge in [-0.1, -0.05) is 13.8 Å². The number of rotatable bonds is 7. The highest BCUT2D eigenvalue weighted by Crippen LogP contribution is 1.92. The summed E-state index contributed by atoms with van der Waals surface area (Å²) in [4.78, 5) is 6.29. The number of guanidine groups is 1. The second-order valence-electron chi connectivity index (χ2n) is 3.88. The van der Waals surface area contributed by atoms with E-state index in [2.05, 4.69) is 32.7 Å². The van der Waals surface area contributed by atoms with Crippen molar-refractivity contribution in [3.05, 3.63) is 0 Å². The first-order valence-corrected chi connectivity index (χ1v) is 5.74. The Hall–Kier alpha value is -0.770. The molecule has 0 aliphatic rings. The molecule has 0 rings (SSSR count). The highest BCUT2D eigenvalue weighted by Gasteiger charge is 2.00. The Kier molecular flexibility index (Phi) is 8.09. The van der Waals surface area contributed by atoms with Crippen LogP contribution >= 0.6 is 0 Å². The van der Waals surface area contributed by atoms with E-state index in [1.165, 1.54) is 0 Å². The fourth-order valence-electron chi connectivity index (χ4n) is 1.19. The molecular weight excluding hydrogens is 190 g/mol. The van der Waals surface area contributed by atoms with Crippen molar-refractivity contribution in [3.63, 3.8) is 0 Å². The molecule has 0 aromatic carbocycles. The maximum atomic E-state index is 5.80. The average molecular weight is 215 g/mol. The van der Waals surface area contributed by atoms with Crippen LogP contribution < -0.4 is 5.73 Å². The van der Waals surface area contributed by atoms with Crippen LogP contribution in [0.3, 0.4) is 0 Å². The van der Waals surface area contributed by atoms with Crippen molar-refractivity contribution in [1.29, 1.82) is 0 Å². The zero-order valence-corrected chi connectivity index (χ0v) is 10.5. The molecule has 0 heterocycles. The normalized spacial score (nSPS) is 12.2. The summed E-state index contributed by atoms with van der Waals surface area (Å²) in [5, 5.41) is 0. The first-order valence-electron chi connectivity index (χ1n) is 5.74. The molecule has 15 heavy (non-hydrogen) atoms. The van der Waals surface area contributed by atoms with Gasteiger partial charge in [-0.05, 0) is 19.8 Å². The van der Waals surface area contributed by atoms with Crippen molar-refractivity contribution >= 4 is 5.96 Å². The molecule has 0 saturated heterocycles. The van der Waals surface area contributed by atoms with Gasteiger partial charge in [0.1, 0.15) is 0 Å². The quantitative estimate of drug-likeness (QED) is 0.396. The molecule has 4 nitrogen and oxygen atoms in total. The second-order valence-corrected chi connectivity index (χ2v) is 3.88. The van der Waals surface area contributed by atoms with Crippen LogP contribution in [0.1, 0.15) is 27.7 Å². The van der Waals surface area contributed by atoms with Gasteiger partial charge in [-0.2, -0.15) is 0 Å². The highest BCUT2D eigenvalue weighted by molar-refractivity contribution is 5.77. The Morgan fingerprint density at radius 1 is 1.33 bits per heavy atom. The third kappa shape index (κ3) is 7.19. The largest absolute Gasteiger partial charge is 0.379 e. The van der Waals surface area contributed by atoms with Crippen molar-refractivity contribution in [2.75, 3.05) is 32.8 Å². The van der Waals surface area contributed by atoms with E-state index in [-0.39, 0.29) is 0 Å². The minimum atomic E-state index is 0.578. The maximum absolute atomic E-state index is 5.80. The first kappa shape index (κ1) is 14.2. The molecule has 0 unspecified atom stereocenters. The van der Waals surface area contributed by atoms with E-state index in [1.54, 1.807) is 0 Å². The summed E-state index contributed by atoms with van der Waals surface area (Å²) in [7, 11) is 0. The molecule has 0 aromatic heterocycles. The van der Waals surface area contributed by atoms with E-state index in [0.29, 0.717) is 25.0 Å². The van der Waals surface area contributed by atoms with Crippen LogP contribution in [0.15, 0.2) is 4.99 Å². The van der Waals surface area contributed by atoms with Crippen molar-refractivity contribution < 1.29 is 4.74 Å². The molecule has 2 N–H and O–H groups in total. The number of aliphatic imine (C=N–C) groups is 1. The summed E-state index contributed by atoms with van der Waals surface area (Å²) >= 11 is 0. The van der Waals surface area contributed by atoms with E-state index in [1.807, 2.05) is 4.90 Å². The van der Waals surface area contributed by atoms with Crippen LogP contribution in [-0.4, -0.2) is 43.7 Å².